The second-order valence-corrected chi connectivity index (χ2v) is 9.11. The quantitative estimate of drug-likeness (QED) is 0.167. The number of urea groups is 1. The smallest absolute Gasteiger partial charge is 0.480 e. The maximum absolute atomic E-state index is 13.2. The van der Waals surface area contributed by atoms with E-state index in [4.69, 9.17) is 21.5 Å². The molecule has 15 heteroatoms. The molecule has 1 aromatic heterocycles. The van der Waals surface area contributed by atoms with Crippen molar-refractivity contribution in [1.82, 2.24) is 15.3 Å². The molecular formula is C27H23ClF3N5O6. The van der Waals surface area contributed by atoms with E-state index in [2.05, 4.69) is 25.9 Å². The molecule has 0 saturated heterocycles. The molecule has 0 fully saturated rings. The van der Waals surface area contributed by atoms with Crippen LogP contribution in [0.15, 0.2) is 67.1 Å². The Morgan fingerprint density at radius 1 is 1.00 bits per heavy atom. The van der Waals surface area contributed by atoms with Crippen molar-refractivity contribution >= 4 is 57.6 Å². The normalized spacial score (nSPS) is 11.5. The van der Waals surface area contributed by atoms with Crippen LogP contribution in [-0.4, -0.2) is 56.3 Å². The zero-order valence-electron chi connectivity index (χ0n) is 21.6. The molecule has 0 aliphatic heterocycles. The minimum Gasteiger partial charge on any atom is -0.480 e. The van der Waals surface area contributed by atoms with E-state index in [1.54, 1.807) is 24.3 Å². The fourth-order valence-electron chi connectivity index (χ4n) is 3.64. The number of imidazole rings is 1. The molecule has 0 aliphatic carbocycles. The number of benzene rings is 3. The Kier molecular flexibility index (Phi) is 10.1. The second-order valence-electron chi connectivity index (χ2n) is 8.70. The Morgan fingerprint density at radius 3 is 2.19 bits per heavy atom. The summed E-state index contributed by atoms with van der Waals surface area (Å²) < 4.78 is 31.7. The Balaban J connectivity index is 0.000000616. The Labute approximate surface area is 240 Å². The number of carboxylic acid groups (broad SMARTS) is 2. The number of nitrogens with one attached hydrogen (secondary N) is 4. The van der Waals surface area contributed by atoms with Crippen molar-refractivity contribution in [2.75, 3.05) is 10.6 Å². The van der Waals surface area contributed by atoms with Gasteiger partial charge in [-0.1, -0.05) is 48.0 Å². The van der Waals surface area contributed by atoms with Gasteiger partial charge in [-0.3, -0.25) is 4.79 Å². The molecule has 6 N–H and O–H groups in total. The highest BCUT2D eigenvalue weighted by Crippen LogP contribution is 2.27. The lowest BCUT2D eigenvalue weighted by Gasteiger charge is -2.17. The predicted octanol–water partition coefficient (Wildman–Crippen LogP) is 5.23. The number of alkyl halides is 3. The number of halogens is 4. The fourth-order valence-corrected chi connectivity index (χ4v) is 3.91. The van der Waals surface area contributed by atoms with Crippen molar-refractivity contribution in [3.05, 3.63) is 89.0 Å². The van der Waals surface area contributed by atoms with E-state index in [-0.39, 0.29) is 17.7 Å². The average Bonchev–Trinajstić information content (AvgIpc) is 3.43. The van der Waals surface area contributed by atoms with Crippen LogP contribution in [0.2, 0.25) is 5.02 Å². The zero-order chi connectivity index (χ0) is 31.0. The van der Waals surface area contributed by atoms with Crippen LogP contribution in [0.25, 0.3) is 10.8 Å². The van der Waals surface area contributed by atoms with Gasteiger partial charge in [-0.05, 0) is 41.5 Å². The lowest BCUT2D eigenvalue weighted by Crippen LogP contribution is -2.42. The summed E-state index contributed by atoms with van der Waals surface area (Å²) in [5.41, 5.74) is 2.11. The molecule has 42 heavy (non-hydrogen) atoms. The van der Waals surface area contributed by atoms with E-state index in [0.29, 0.717) is 16.4 Å². The molecule has 0 radical (unpaired) electrons. The first-order chi connectivity index (χ1) is 19.8. The topological polar surface area (TPSA) is 174 Å². The summed E-state index contributed by atoms with van der Waals surface area (Å²) in [6.07, 6.45) is -2.14. The molecular weight excluding hydrogens is 583 g/mol. The molecule has 1 heterocycles. The van der Waals surface area contributed by atoms with E-state index >= 15 is 0 Å². The fraction of sp³-hybridized carbons (Fsp3) is 0.148. The molecule has 11 nitrogen and oxygen atoms in total. The summed E-state index contributed by atoms with van der Waals surface area (Å²) in [6.45, 7) is 1.81. The highest BCUT2D eigenvalue weighted by Gasteiger charge is 2.38. The van der Waals surface area contributed by atoms with Crippen LogP contribution in [0, 0.1) is 6.92 Å². The molecule has 1 atom stereocenters. The van der Waals surface area contributed by atoms with Gasteiger partial charge in [-0.15, -0.1) is 0 Å². The molecule has 0 bridgehead atoms. The van der Waals surface area contributed by atoms with Crippen LogP contribution in [0.1, 0.15) is 21.6 Å². The first-order valence-electron chi connectivity index (χ1n) is 11.9. The first kappa shape index (κ1) is 31.4. The molecule has 0 aliphatic rings. The number of amides is 3. The molecule has 220 valence electrons. The summed E-state index contributed by atoms with van der Waals surface area (Å²) in [5.74, 6) is -4.60. The highest BCUT2D eigenvalue weighted by molar-refractivity contribution is 6.34. The second kappa shape index (κ2) is 13.5. The third-order valence-electron chi connectivity index (χ3n) is 5.66. The number of anilines is 2. The number of aliphatic carboxylic acids is 2. The van der Waals surface area contributed by atoms with E-state index in [1.807, 2.05) is 37.3 Å². The minimum atomic E-state index is -5.08. The van der Waals surface area contributed by atoms with Crippen LogP contribution >= 0.6 is 11.6 Å². The molecule has 3 aromatic carbocycles. The predicted molar refractivity (Wildman–Crippen MR) is 148 cm³/mol. The summed E-state index contributed by atoms with van der Waals surface area (Å²) >= 11 is 6.21. The molecule has 3 amide bonds. The van der Waals surface area contributed by atoms with E-state index in [1.165, 1.54) is 12.5 Å². The number of H-pyrrole nitrogens is 1. The van der Waals surface area contributed by atoms with Crippen molar-refractivity contribution in [3.63, 3.8) is 0 Å². The SMILES string of the molecule is Cc1cccc(Cl)c1NC(=O)Nc1cc2ccccc2cc1C(=O)N[C@@H](Cc1cnc[nH]1)C(=O)O.O=C(O)C(F)(F)F. The molecule has 4 aromatic rings. The number of hydrogen-bond donors (Lipinski definition) is 6. The number of fused-ring (bicyclic) bond motifs is 1. The van der Waals surface area contributed by atoms with Crippen LogP contribution < -0.4 is 16.0 Å². The number of aryl methyl sites for hydroxylation is 1. The zero-order valence-corrected chi connectivity index (χ0v) is 22.4. The summed E-state index contributed by atoms with van der Waals surface area (Å²) in [6, 6.07) is 14.0. The summed E-state index contributed by atoms with van der Waals surface area (Å²) in [5, 5.41) is 26.6. The molecule has 0 spiro atoms. The lowest BCUT2D eigenvalue weighted by molar-refractivity contribution is -0.192. The van der Waals surface area contributed by atoms with Crippen molar-refractivity contribution in [2.45, 2.75) is 25.6 Å². The van der Waals surface area contributed by atoms with Crippen LogP contribution in [0.5, 0.6) is 0 Å². The van der Waals surface area contributed by atoms with Crippen molar-refractivity contribution in [1.29, 1.82) is 0 Å². The first-order valence-corrected chi connectivity index (χ1v) is 12.3. The average molecular weight is 606 g/mol. The number of rotatable bonds is 7. The van der Waals surface area contributed by atoms with E-state index in [9.17, 15) is 32.7 Å². The number of nitrogens with zero attached hydrogens (tertiary/aromatic N) is 1. The van der Waals surface area contributed by atoms with Crippen LogP contribution in [0.4, 0.5) is 29.3 Å². The van der Waals surface area contributed by atoms with Gasteiger partial charge in [0.15, 0.2) is 0 Å². The number of carbonyl (C=O) groups excluding carboxylic acids is 2. The van der Waals surface area contributed by atoms with Gasteiger partial charge in [-0.2, -0.15) is 13.2 Å². The molecule has 4 rings (SSSR count). The number of para-hydroxylation sites is 1. The standard InChI is InChI=1S/C25H22ClN5O4.C2HF3O2/c1-14-5-4-8-19(26)22(14)31-25(35)30-20-10-16-7-3-2-6-15(16)9-18(20)23(32)29-21(24(33)34)11-17-12-27-13-28-17;3-2(4,5)1(6)7/h2-10,12-13,21H,11H2,1H3,(H,27,28)(H,29,32)(H,33,34)(H2,30,31,35);(H,6,7)/t21-;/m0./s1. The van der Waals surface area contributed by atoms with Gasteiger partial charge in [-0.25, -0.2) is 19.4 Å². The van der Waals surface area contributed by atoms with E-state index < -0.39 is 36.1 Å². The number of hydrogen-bond acceptors (Lipinski definition) is 5. The maximum atomic E-state index is 13.2. The monoisotopic (exact) mass is 605 g/mol. The van der Waals surface area contributed by atoms with Gasteiger partial charge in [0.2, 0.25) is 0 Å². The Bertz CT molecular complexity index is 1590. The van der Waals surface area contributed by atoms with Crippen LogP contribution in [0.3, 0.4) is 0 Å². The van der Waals surface area contributed by atoms with Crippen molar-refractivity contribution in [3.8, 4) is 0 Å². The van der Waals surface area contributed by atoms with Gasteiger partial charge in [0.25, 0.3) is 5.91 Å². The molecule has 0 unspecified atom stereocenters. The minimum absolute atomic E-state index is 0.0175. The Hall–Kier alpha value is -5.11. The number of carbonyl (C=O) groups is 4. The third-order valence-corrected chi connectivity index (χ3v) is 5.98. The third kappa shape index (κ3) is 8.44. The van der Waals surface area contributed by atoms with Crippen molar-refractivity contribution < 1.29 is 42.6 Å². The van der Waals surface area contributed by atoms with Gasteiger partial charge < -0.3 is 31.1 Å². The molecule has 0 saturated carbocycles. The number of carboxylic acids is 2. The van der Waals surface area contributed by atoms with Gasteiger partial charge in [0.05, 0.1) is 28.3 Å². The number of aromatic nitrogens is 2. The maximum Gasteiger partial charge on any atom is 0.490 e. The van der Waals surface area contributed by atoms with Crippen LogP contribution in [-0.2, 0) is 16.0 Å². The summed E-state index contributed by atoms with van der Waals surface area (Å²) in [7, 11) is 0. The largest absolute Gasteiger partial charge is 0.490 e. The lowest BCUT2D eigenvalue weighted by atomic mass is 10.0. The van der Waals surface area contributed by atoms with Gasteiger partial charge in [0, 0.05) is 18.3 Å². The Morgan fingerprint density at radius 2 is 1.64 bits per heavy atom. The van der Waals surface area contributed by atoms with E-state index in [0.717, 1.165) is 16.3 Å². The highest BCUT2D eigenvalue weighted by atomic mass is 35.5. The summed E-state index contributed by atoms with van der Waals surface area (Å²) in [4.78, 5) is 53.4. The van der Waals surface area contributed by atoms with Gasteiger partial charge in [0.1, 0.15) is 6.04 Å². The number of aromatic amines is 1. The van der Waals surface area contributed by atoms with Crippen molar-refractivity contribution in [2.24, 2.45) is 0 Å². The van der Waals surface area contributed by atoms with Gasteiger partial charge >= 0.3 is 24.1 Å².